The highest BCUT2D eigenvalue weighted by atomic mass is 16.5. The molecule has 1 aromatic carbocycles. The molecule has 0 bridgehead atoms. The van der Waals surface area contributed by atoms with Gasteiger partial charge in [0.2, 0.25) is 0 Å². The molecule has 0 saturated carbocycles. The molecule has 2 rings (SSSR count). The number of benzene rings is 1. The van der Waals surface area contributed by atoms with Crippen molar-refractivity contribution in [2.24, 2.45) is 0 Å². The molecule has 0 aliphatic carbocycles. The van der Waals surface area contributed by atoms with Crippen molar-refractivity contribution in [2.45, 2.75) is 31.7 Å². The van der Waals surface area contributed by atoms with E-state index in [4.69, 9.17) is 9.47 Å². The summed E-state index contributed by atoms with van der Waals surface area (Å²) in [5, 5.41) is 9.56. The van der Waals surface area contributed by atoms with E-state index in [1.807, 2.05) is 18.2 Å². The molecule has 1 atom stereocenters. The van der Waals surface area contributed by atoms with Crippen LogP contribution in [0.25, 0.3) is 0 Å². The molecule has 1 aromatic rings. The summed E-state index contributed by atoms with van der Waals surface area (Å²) >= 11 is 0. The van der Waals surface area contributed by atoms with Gasteiger partial charge in [-0.1, -0.05) is 6.42 Å². The first kappa shape index (κ1) is 15.6. The second-order valence-corrected chi connectivity index (χ2v) is 5.33. The topological polar surface area (TPSA) is 59.0 Å². The van der Waals surface area contributed by atoms with Gasteiger partial charge in [0.1, 0.15) is 17.5 Å². The van der Waals surface area contributed by atoms with Gasteiger partial charge in [-0.25, -0.2) is 0 Å². The molecular weight excluding hydrogens is 270 g/mol. The molecule has 1 heterocycles. The number of piperidine rings is 1. The summed E-state index contributed by atoms with van der Waals surface area (Å²) < 4.78 is 10.6. The van der Waals surface area contributed by atoms with Gasteiger partial charge in [-0.05, 0) is 49.7 Å². The zero-order valence-corrected chi connectivity index (χ0v) is 12.7. The summed E-state index contributed by atoms with van der Waals surface area (Å²) in [5.41, 5.74) is 0.870. The van der Waals surface area contributed by atoms with E-state index in [1.54, 1.807) is 14.2 Å². The lowest BCUT2D eigenvalue weighted by atomic mass is 10.0. The summed E-state index contributed by atoms with van der Waals surface area (Å²) in [6.07, 6.45) is 3.75. The third kappa shape index (κ3) is 3.88. The fraction of sp³-hybridized carbons (Fsp3) is 0.562. The minimum Gasteiger partial charge on any atom is -0.497 e. The number of hydrogen-bond acceptors (Lipinski definition) is 4. The lowest BCUT2D eigenvalue weighted by molar-refractivity contribution is -0.143. The van der Waals surface area contributed by atoms with E-state index in [2.05, 4.69) is 4.90 Å². The van der Waals surface area contributed by atoms with Crippen molar-refractivity contribution in [2.75, 3.05) is 27.3 Å². The Labute approximate surface area is 125 Å². The predicted octanol–water partition coefficient (Wildman–Crippen LogP) is 2.19. The number of carboxylic acids is 1. The van der Waals surface area contributed by atoms with Crippen molar-refractivity contribution in [1.29, 1.82) is 0 Å². The second-order valence-electron chi connectivity index (χ2n) is 5.33. The Morgan fingerprint density at radius 3 is 2.52 bits per heavy atom. The van der Waals surface area contributed by atoms with Crippen molar-refractivity contribution in [3.8, 4) is 11.5 Å². The molecular formula is C16H23NO4. The lowest BCUT2D eigenvalue weighted by Crippen LogP contribution is -2.45. The normalized spacial score (nSPS) is 17.2. The molecule has 0 unspecified atom stereocenters. The van der Waals surface area contributed by atoms with Gasteiger partial charge in [0.25, 0.3) is 0 Å². The van der Waals surface area contributed by atoms with Gasteiger partial charge in [-0.2, -0.15) is 0 Å². The molecule has 0 radical (unpaired) electrons. The van der Waals surface area contributed by atoms with Crippen LogP contribution in [0, 0.1) is 0 Å². The van der Waals surface area contributed by atoms with Crippen molar-refractivity contribution >= 4 is 5.97 Å². The summed E-state index contributed by atoms with van der Waals surface area (Å²) in [6, 6.07) is 4.99. The monoisotopic (exact) mass is 293 g/mol. The van der Waals surface area contributed by atoms with Crippen LogP contribution in [0.3, 0.4) is 0 Å². The van der Waals surface area contributed by atoms with Crippen LogP contribution >= 0.6 is 0 Å². The van der Waals surface area contributed by atoms with Crippen molar-refractivity contribution in [3.63, 3.8) is 0 Å². The highest BCUT2D eigenvalue weighted by Gasteiger charge is 2.28. The largest absolute Gasteiger partial charge is 0.497 e. The van der Waals surface area contributed by atoms with Gasteiger partial charge >= 0.3 is 5.97 Å². The van der Waals surface area contributed by atoms with Crippen LogP contribution in [0.4, 0.5) is 0 Å². The van der Waals surface area contributed by atoms with Gasteiger partial charge in [0.15, 0.2) is 0 Å². The van der Waals surface area contributed by atoms with Crippen molar-refractivity contribution < 1.29 is 19.4 Å². The summed E-state index contributed by atoms with van der Waals surface area (Å²) in [7, 11) is 3.20. The van der Waals surface area contributed by atoms with E-state index >= 15 is 0 Å². The molecule has 0 amide bonds. The number of methoxy groups -OCH3 is 2. The third-order valence-corrected chi connectivity index (χ3v) is 4.02. The number of hydrogen-bond donors (Lipinski definition) is 1. The van der Waals surface area contributed by atoms with Crippen LogP contribution in [-0.4, -0.2) is 49.3 Å². The SMILES string of the molecule is COc1ccc(OC)c(C[C@H](C(=O)O)N2CCCCC2)c1. The average molecular weight is 293 g/mol. The Hall–Kier alpha value is -1.75. The molecule has 1 aliphatic rings. The molecule has 1 N–H and O–H groups in total. The number of aliphatic carboxylic acids is 1. The molecule has 5 heteroatoms. The molecule has 1 saturated heterocycles. The van der Waals surface area contributed by atoms with Crippen molar-refractivity contribution in [1.82, 2.24) is 4.90 Å². The average Bonchev–Trinajstić information content (AvgIpc) is 2.52. The molecule has 5 nitrogen and oxygen atoms in total. The molecule has 0 aromatic heterocycles. The van der Waals surface area contributed by atoms with E-state index in [9.17, 15) is 9.90 Å². The predicted molar refractivity (Wildman–Crippen MR) is 80.1 cm³/mol. The van der Waals surface area contributed by atoms with Crippen LogP contribution in [0.15, 0.2) is 18.2 Å². The molecule has 116 valence electrons. The minimum atomic E-state index is -0.776. The zero-order valence-electron chi connectivity index (χ0n) is 12.7. The number of rotatable bonds is 6. The molecule has 1 aliphatic heterocycles. The third-order valence-electron chi connectivity index (χ3n) is 4.02. The summed E-state index contributed by atoms with van der Waals surface area (Å²) in [6.45, 7) is 1.70. The lowest BCUT2D eigenvalue weighted by Gasteiger charge is -2.32. The fourth-order valence-corrected chi connectivity index (χ4v) is 2.85. The molecule has 0 spiro atoms. The Balaban J connectivity index is 2.21. The zero-order chi connectivity index (χ0) is 15.2. The number of ether oxygens (including phenoxy) is 2. The number of carboxylic acid groups (broad SMARTS) is 1. The van der Waals surface area contributed by atoms with Crippen LogP contribution in [0.2, 0.25) is 0 Å². The standard InChI is InChI=1S/C16H23NO4/c1-20-13-6-7-15(21-2)12(10-13)11-14(16(18)19)17-8-4-3-5-9-17/h6-7,10,14H,3-5,8-9,11H2,1-2H3,(H,18,19)/t14-/m1/s1. The Bertz CT molecular complexity index is 483. The Morgan fingerprint density at radius 2 is 1.95 bits per heavy atom. The first-order valence-electron chi connectivity index (χ1n) is 7.33. The smallest absolute Gasteiger partial charge is 0.321 e. The number of nitrogens with zero attached hydrogens (tertiary/aromatic N) is 1. The first-order chi connectivity index (χ1) is 10.2. The fourth-order valence-electron chi connectivity index (χ4n) is 2.85. The maximum atomic E-state index is 11.6. The quantitative estimate of drug-likeness (QED) is 0.871. The second kappa shape index (κ2) is 7.31. The van der Waals surface area contributed by atoms with E-state index in [-0.39, 0.29) is 0 Å². The maximum absolute atomic E-state index is 11.6. The van der Waals surface area contributed by atoms with E-state index < -0.39 is 12.0 Å². The van der Waals surface area contributed by atoms with Crippen LogP contribution in [0.1, 0.15) is 24.8 Å². The van der Waals surface area contributed by atoms with Gasteiger partial charge in [-0.15, -0.1) is 0 Å². The molecule has 21 heavy (non-hydrogen) atoms. The van der Waals surface area contributed by atoms with E-state index in [1.165, 1.54) is 6.42 Å². The van der Waals surface area contributed by atoms with Crippen molar-refractivity contribution in [3.05, 3.63) is 23.8 Å². The first-order valence-corrected chi connectivity index (χ1v) is 7.33. The highest BCUT2D eigenvalue weighted by molar-refractivity contribution is 5.74. The van der Waals surface area contributed by atoms with Crippen LogP contribution < -0.4 is 9.47 Å². The molecule has 1 fully saturated rings. The maximum Gasteiger partial charge on any atom is 0.321 e. The summed E-state index contributed by atoms with van der Waals surface area (Å²) in [5.74, 6) is 0.648. The Kier molecular flexibility index (Phi) is 5.44. The Morgan fingerprint density at radius 1 is 1.24 bits per heavy atom. The highest BCUT2D eigenvalue weighted by Crippen LogP contribution is 2.27. The minimum absolute atomic E-state index is 0.426. The van der Waals surface area contributed by atoms with Crippen LogP contribution in [-0.2, 0) is 11.2 Å². The number of likely N-dealkylation sites (tertiary alicyclic amines) is 1. The van der Waals surface area contributed by atoms with Gasteiger partial charge in [0, 0.05) is 6.42 Å². The van der Waals surface area contributed by atoms with Gasteiger partial charge in [0.05, 0.1) is 14.2 Å². The summed E-state index contributed by atoms with van der Waals surface area (Å²) in [4.78, 5) is 13.7. The van der Waals surface area contributed by atoms with E-state index in [0.717, 1.165) is 31.5 Å². The van der Waals surface area contributed by atoms with Crippen LogP contribution in [0.5, 0.6) is 11.5 Å². The van der Waals surface area contributed by atoms with Gasteiger partial charge in [-0.3, -0.25) is 9.69 Å². The number of carbonyl (C=O) groups is 1. The van der Waals surface area contributed by atoms with Gasteiger partial charge < -0.3 is 14.6 Å². The van der Waals surface area contributed by atoms with E-state index in [0.29, 0.717) is 17.9 Å².